The van der Waals surface area contributed by atoms with Crippen molar-refractivity contribution in [2.75, 3.05) is 37.1 Å². The van der Waals surface area contributed by atoms with Gasteiger partial charge in [-0.25, -0.2) is 13.2 Å². The van der Waals surface area contributed by atoms with Crippen molar-refractivity contribution in [2.45, 2.75) is 69.3 Å². The van der Waals surface area contributed by atoms with Gasteiger partial charge in [-0.1, -0.05) is 30.3 Å². The van der Waals surface area contributed by atoms with Gasteiger partial charge in [0.05, 0.1) is 31.2 Å². The number of anilines is 1. The molecule has 5 rings (SSSR count). The molecule has 0 radical (unpaired) electrons. The summed E-state index contributed by atoms with van der Waals surface area (Å²) in [4.78, 5) is 15.2. The Balaban J connectivity index is 1.22. The smallest absolute Gasteiger partial charge is 0.412 e. The van der Waals surface area contributed by atoms with E-state index in [2.05, 4.69) is 15.3 Å². The lowest BCUT2D eigenvalue weighted by Gasteiger charge is -2.43. The Hall–Kier alpha value is -2.63. The molecule has 10 nitrogen and oxygen atoms in total. The topological polar surface area (TPSA) is 112 Å². The molecule has 11 heteroatoms. The van der Waals surface area contributed by atoms with Crippen LogP contribution in [0.25, 0.3) is 0 Å². The van der Waals surface area contributed by atoms with Crippen LogP contribution in [0, 0.1) is 0 Å². The summed E-state index contributed by atoms with van der Waals surface area (Å²) >= 11 is 0. The zero-order valence-corrected chi connectivity index (χ0v) is 22.1. The Bertz CT molecular complexity index is 1150. The Morgan fingerprint density at radius 1 is 1.03 bits per heavy atom. The maximum atomic E-state index is 12.5. The molecule has 2 aliphatic heterocycles. The minimum atomic E-state index is -3.19. The molecule has 1 aromatic heterocycles. The number of morpholine rings is 1. The minimum absolute atomic E-state index is 0.0455. The van der Waals surface area contributed by atoms with Crippen molar-refractivity contribution in [1.82, 2.24) is 14.7 Å². The van der Waals surface area contributed by atoms with Crippen LogP contribution in [0.3, 0.4) is 0 Å². The molecule has 1 aliphatic carbocycles. The highest BCUT2D eigenvalue weighted by Gasteiger charge is 2.42. The molecule has 3 aliphatic rings. The predicted octanol–water partition coefficient (Wildman–Crippen LogP) is 3.40. The summed E-state index contributed by atoms with van der Waals surface area (Å²) in [5.74, 6) is 0.0683. The number of nitrogens with one attached hydrogen (secondary N) is 1. The van der Waals surface area contributed by atoms with Gasteiger partial charge >= 0.3 is 6.09 Å². The van der Waals surface area contributed by atoms with Crippen LogP contribution in [0.5, 0.6) is 5.88 Å². The molecule has 2 atom stereocenters. The van der Waals surface area contributed by atoms with Crippen LogP contribution in [0.15, 0.2) is 36.5 Å². The number of benzene rings is 1. The molecule has 1 amide bonds. The van der Waals surface area contributed by atoms with Crippen molar-refractivity contribution < 1.29 is 27.4 Å². The number of aromatic nitrogens is 2. The zero-order valence-electron chi connectivity index (χ0n) is 21.3. The number of amides is 1. The van der Waals surface area contributed by atoms with Gasteiger partial charge in [0.2, 0.25) is 0 Å². The lowest BCUT2D eigenvalue weighted by Crippen LogP contribution is -2.52. The summed E-state index contributed by atoms with van der Waals surface area (Å²) in [6, 6.07) is 11.3. The Morgan fingerprint density at radius 3 is 2.35 bits per heavy atom. The van der Waals surface area contributed by atoms with Crippen LogP contribution in [-0.2, 0) is 25.9 Å². The number of sulfone groups is 1. The second-order valence-corrected chi connectivity index (χ2v) is 12.6. The Morgan fingerprint density at radius 2 is 1.68 bits per heavy atom. The first-order valence-corrected chi connectivity index (χ1v) is 15.1. The second-order valence-electron chi connectivity index (χ2n) is 10.3. The number of ether oxygens (including phenoxy) is 3. The lowest BCUT2D eigenvalue weighted by molar-refractivity contribution is -0.0458. The number of hydrogen-bond donors (Lipinski definition) is 1. The Labute approximate surface area is 218 Å². The van der Waals surface area contributed by atoms with E-state index >= 15 is 0 Å². The average molecular weight is 533 g/mol. The highest BCUT2D eigenvalue weighted by molar-refractivity contribution is 7.90. The van der Waals surface area contributed by atoms with E-state index in [0.29, 0.717) is 23.8 Å². The molecule has 37 heavy (non-hydrogen) atoms. The van der Waals surface area contributed by atoms with Crippen LogP contribution in [0.4, 0.5) is 10.5 Å². The standard InChI is InChI=1S/C26H36N4O6S/c1-37(32,33)14-13-35-25-24(27-26(31)36-16-19-5-3-2-4-6-19)15-29(28-25)20-7-9-21(10-8-20)30-22-11-12-23(30)18-34-17-22/h2-6,15,20-23H,7-14,16-18H2,1H3,(H,27,31)/t20-,21-,22-,23+. The molecule has 0 unspecified atom stereocenters. The maximum Gasteiger partial charge on any atom is 0.412 e. The number of nitrogens with zero attached hydrogens (tertiary/aromatic N) is 3. The second kappa shape index (κ2) is 11.4. The highest BCUT2D eigenvalue weighted by Crippen LogP contribution is 2.39. The third kappa shape index (κ3) is 6.63. The van der Waals surface area contributed by atoms with E-state index in [1.165, 1.54) is 12.8 Å². The van der Waals surface area contributed by atoms with Gasteiger partial charge < -0.3 is 14.2 Å². The van der Waals surface area contributed by atoms with Gasteiger partial charge in [0.15, 0.2) is 9.84 Å². The number of rotatable bonds is 9. The minimum Gasteiger partial charge on any atom is -0.474 e. The third-order valence-electron chi connectivity index (χ3n) is 7.60. The van der Waals surface area contributed by atoms with Gasteiger partial charge in [-0.15, -0.1) is 5.10 Å². The maximum absolute atomic E-state index is 12.5. The van der Waals surface area contributed by atoms with Gasteiger partial charge in [0.1, 0.15) is 18.9 Å². The van der Waals surface area contributed by atoms with Gasteiger partial charge in [-0.05, 0) is 44.1 Å². The molecular formula is C26H36N4O6S. The van der Waals surface area contributed by atoms with Crippen molar-refractivity contribution in [3.8, 4) is 5.88 Å². The molecule has 2 saturated heterocycles. The van der Waals surface area contributed by atoms with E-state index in [-0.39, 0.29) is 30.9 Å². The summed E-state index contributed by atoms with van der Waals surface area (Å²) in [5.41, 5.74) is 1.25. The fraction of sp³-hybridized carbons (Fsp3) is 0.615. The van der Waals surface area contributed by atoms with Crippen molar-refractivity contribution >= 4 is 21.6 Å². The molecule has 202 valence electrons. The van der Waals surface area contributed by atoms with E-state index in [0.717, 1.165) is 50.7 Å². The van der Waals surface area contributed by atoms with E-state index in [1.54, 1.807) is 6.20 Å². The molecule has 1 N–H and O–H groups in total. The third-order valence-corrected chi connectivity index (χ3v) is 8.51. The van der Waals surface area contributed by atoms with Crippen LogP contribution in [-0.4, -0.2) is 79.1 Å². The molecular weight excluding hydrogens is 496 g/mol. The van der Waals surface area contributed by atoms with Crippen molar-refractivity contribution in [1.29, 1.82) is 0 Å². The highest BCUT2D eigenvalue weighted by atomic mass is 32.2. The summed E-state index contributed by atoms with van der Waals surface area (Å²) in [5, 5.41) is 7.33. The first-order chi connectivity index (χ1) is 17.9. The fourth-order valence-electron chi connectivity index (χ4n) is 5.79. The zero-order chi connectivity index (χ0) is 25.8. The summed E-state index contributed by atoms with van der Waals surface area (Å²) in [6.07, 6.45) is 8.89. The normalized spacial score (nSPS) is 26.1. The van der Waals surface area contributed by atoms with E-state index in [9.17, 15) is 13.2 Å². The monoisotopic (exact) mass is 532 g/mol. The van der Waals surface area contributed by atoms with Gasteiger partial charge in [-0.2, -0.15) is 0 Å². The first kappa shape index (κ1) is 26.0. The quantitative estimate of drug-likeness (QED) is 0.523. The van der Waals surface area contributed by atoms with E-state index in [1.807, 2.05) is 35.0 Å². The molecule has 2 aromatic rings. The average Bonchev–Trinajstić information content (AvgIpc) is 3.39. The van der Waals surface area contributed by atoms with Gasteiger partial charge in [-0.3, -0.25) is 14.9 Å². The number of carbonyl (C=O) groups is 1. The van der Waals surface area contributed by atoms with Crippen LogP contribution < -0.4 is 10.1 Å². The molecule has 2 bridgehead atoms. The van der Waals surface area contributed by atoms with E-state index in [4.69, 9.17) is 14.2 Å². The molecule has 0 spiro atoms. The SMILES string of the molecule is CS(=O)(=O)CCOc1nn([C@H]2CC[C@H](N3[C@@H]4CC[C@H]3COC4)CC2)cc1NC(=O)OCc1ccccc1. The largest absolute Gasteiger partial charge is 0.474 e. The first-order valence-electron chi connectivity index (χ1n) is 13.1. The molecule has 3 heterocycles. The van der Waals surface area contributed by atoms with E-state index < -0.39 is 15.9 Å². The van der Waals surface area contributed by atoms with Crippen molar-refractivity contribution in [2.24, 2.45) is 0 Å². The summed E-state index contributed by atoms with van der Waals surface area (Å²) < 4.78 is 41.8. The fourth-order valence-corrected chi connectivity index (χ4v) is 6.18. The molecule has 3 fully saturated rings. The lowest BCUT2D eigenvalue weighted by atomic mass is 9.89. The number of carbonyl (C=O) groups excluding carboxylic acids is 1. The predicted molar refractivity (Wildman–Crippen MR) is 138 cm³/mol. The van der Waals surface area contributed by atoms with Crippen molar-refractivity contribution in [3.63, 3.8) is 0 Å². The summed E-state index contributed by atoms with van der Waals surface area (Å²) in [6.45, 7) is 1.78. The number of fused-ring (bicyclic) bond motifs is 2. The summed E-state index contributed by atoms with van der Waals surface area (Å²) in [7, 11) is -3.19. The molecule has 1 aromatic carbocycles. The Kier molecular flexibility index (Phi) is 8.01. The van der Waals surface area contributed by atoms with Crippen LogP contribution in [0.1, 0.15) is 50.1 Å². The molecule has 1 saturated carbocycles. The van der Waals surface area contributed by atoms with Gasteiger partial charge in [0, 0.05) is 24.4 Å². The number of hydrogen-bond acceptors (Lipinski definition) is 8. The van der Waals surface area contributed by atoms with Crippen LogP contribution >= 0.6 is 0 Å². The van der Waals surface area contributed by atoms with Gasteiger partial charge in [0.25, 0.3) is 5.88 Å². The van der Waals surface area contributed by atoms with Crippen molar-refractivity contribution in [3.05, 3.63) is 42.1 Å². The van der Waals surface area contributed by atoms with Crippen LogP contribution in [0.2, 0.25) is 0 Å².